The van der Waals surface area contributed by atoms with E-state index in [-0.39, 0.29) is 17.9 Å². The molecule has 5 atom stereocenters. The lowest BCUT2D eigenvalue weighted by atomic mass is 9.93. The predicted molar refractivity (Wildman–Crippen MR) is 87.2 cm³/mol. The summed E-state index contributed by atoms with van der Waals surface area (Å²) in [6, 6.07) is 1.83. The lowest BCUT2D eigenvalue weighted by Crippen LogP contribution is -2.35. The fourth-order valence-corrected chi connectivity index (χ4v) is 4.45. The Labute approximate surface area is 140 Å². The van der Waals surface area contributed by atoms with E-state index in [1.165, 1.54) is 11.3 Å². The largest absolute Gasteiger partial charge is 0.376 e. The van der Waals surface area contributed by atoms with Gasteiger partial charge in [0.15, 0.2) is 0 Å². The molecule has 3 fully saturated rings. The SMILES string of the molecule is CC1CC1C(=O)N1C[C@@H]2[C@@H](CNC(=O)c3ccsc3)CO[C@@H]2C1. The van der Waals surface area contributed by atoms with E-state index in [9.17, 15) is 9.59 Å². The highest BCUT2D eigenvalue weighted by molar-refractivity contribution is 7.08. The minimum Gasteiger partial charge on any atom is -0.376 e. The van der Waals surface area contributed by atoms with Crippen molar-refractivity contribution in [1.29, 1.82) is 0 Å². The van der Waals surface area contributed by atoms with Gasteiger partial charge in [-0.1, -0.05) is 6.92 Å². The molecule has 1 aliphatic carbocycles. The van der Waals surface area contributed by atoms with E-state index in [1.807, 2.05) is 21.7 Å². The van der Waals surface area contributed by atoms with Gasteiger partial charge in [-0.05, 0) is 23.8 Å². The molecule has 0 radical (unpaired) electrons. The van der Waals surface area contributed by atoms with E-state index >= 15 is 0 Å². The Morgan fingerprint density at radius 1 is 1.43 bits per heavy atom. The Morgan fingerprint density at radius 2 is 2.26 bits per heavy atom. The average Bonchev–Trinajstić information content (AvgIpc) is 2.99. The molecular weight excluding hydrogens is 312 g/mol. The molecule has 2 amide bonds. The first-order valence-electron chi connectivity index (χ1n) is 8.34. The summed E-state index contributed by atoms with van der Waals surface area (Å²) in [7, 11) is 0. The molecule has 1 aromatic rings. The van der Waals surface area contributed by atoms with Crippen LogP contribution < -0.4 is 5.32 Å². The van der Waals surface area contributed by atoms with Crippen LogP contribution in [0.4, 0.5) is 0 Å². The van der Waals surface area contributed by atoms with Gasteiger partial charge in [0.25, 0.3) is 5.91 Å². The summed E-state index contributed by atoms with van der Waals surface area (Å²) in [6.07, 6.45) is 1.18. The molecule has 3 aliphatic rings. The van der Waals surface area contributed by atoms with Crippen molar-refractivity contribution in [1.82, 2.24) is 10.2 Å². The normalized spacial score (nSPS) is 35.2. The minimum absolute atomic E-state index is 0.0209. The van der Waals surface area contributed by atoms with Gasteiger partial charge in [0, 0.05) is 48.3 Å². The zero-order valence-electron chi connectivity index (χ0n) is 13.2. The molecule has 0 spiro atoms. The summed E-state index contributed by atoms with van der Waals surface area (Å²) in [4.78, 5) is 26.4. The number of hydrogen-bond donors (Lipinski definition) is 1. The van der Waals surface area contributed by atoms with Crippen molar-refractivity contribution in [2.24, 2.45) is 23.7 Å². The number of carbonyl (C=O) groups excluding carboxylic acids is 2. The lowest BCUT2D eigenvalue weighted by Gasteiger charge is -2.20. The third-order valence-electron chi connectivity index (χ3n) is 5.49. The molecule has 2 unspecified atom stereocenters. The minimum atomic E-state index is -0.0209. The van der Waals surface area contributed by atoms with E-state index in [1.54, 1.807) is 0 Å². The van der Waals surface area contributed by atoms with Crippen LogP contribution in [0.2, 0.25) is 0 Å². The highest BCUT2D eigenvalue weighted by Crippen LogP contribution is 2.41. The molecule has 0 aromatic carbocycles. The molecule has 2 aliphatic heterocycles. The van der Waals surface area contributed by atoms with Crippen LogP contribution in [-0.4, -0.2) is 49.1 Å². The van der Waals surface area contributed by atoms with Crippen LogP contribution >= 0.6 is 11.3 Å². The second-order valence-corrected chi connectivity index (χ2v) is 7.86. The van der Waals surface area contributed by atoms with Crippen molar-refractivity contribution in [2.45, 2.75) is 19.4 Å². The summed E-state index contributed by atoms with van der Waals surface area (Å²) >= 11 is 1.52. The standard InChI is InChI=1S/C17H22N2O3S/c1-10-4-13(10)17(21)19-6-14-12(8-22-15(14)7-19)5-18-16(20)11-2-3-23-9-11/h2-3,9-10,12-15H,4-8H2,1H3,(H,18,20)/t10?,12-,13?,14+,15+/m0/s1. The van der Waals surface area contributed by atoms with Gasteiger partial charge in [-0.25, -0.2) is 0 Å². The van der Waals surface area contributed by atoms with Crippen LogP contribution in [0.25, 0.3) is 0 Å². The fraction of sp³-hybridized carbons (Fsp3) is 0.647. The van der Waals surface area contributed by atoms with Crippen LogP contribution in [0.5, 0.6) is 0 Å². The van der Waals surface area contributed by atoms with Crippen molar-refractivity contribution in [3.63, 3.8) is 0 Å². The number of likely N-dealkylation sites (tertiary alicyclic amines) is 1. The van der Waals surface area contributed by atoms with E-state index in [0.29, 0.717) is 36.8 Å². The van der Waals surface area contributed by atoms with Crippen molar-refractivity contribution in [3.05, 3.63) is 22.4 Å². The monoisotopic (exact) mass is 334 g/mol. The summed E-state index contributed by atoms with van der Waals surface area (Å²) in [5.74, 6) is 1.73. The zero-order valence-corrected chi connectivity index (χ0v) is 14.1. The first-order valence-corrected chi connectivity index (χ1v) is 9.28. The number of fused-ring (bicyclic) bond motifs is 1. The van der Waals surface area contributed by atoms with Crippen LogP contribution in [-0.2, 0) is 9.53 Å². The molecule has 0 bridgehead atoms. The van der Waals surface area contributed by atoms with Gasteiger partial charge in [-0.3, -0.25) is 9.59 Å². The number of amides is 2. The van der Waals surface area contributed by atoms with Crippen LogP contribution in [0, 0.1) is 23.7 Å². The van der Waals surface area contributed by atoms with Gasteiger partial charge in [0.1, 0.15) is 0 Å². The van der Waals surface area contributed by atoms with Gasteiger partial charge in [0.05, 0.1) is 12.7 Å². The van der Waals surface area contributed by atoms with Gasteiger partial charge < -0.3 is 15.0 Å². The van der Waals surface area contributed by atoms with Gasteiger partial charge in [0.2, 0.25) is 5.91 Å². The topological polar surface area (TPSA) is 58.6 Å². The third kappa shape index (κ3) is 2.90. The van der Waals surface area contributed by atoms with Crippen molar-refractivity contribution in [2.75, 3.05) is 26.2 Å². The number of nitrogens with zero attached hydrogens (tertiary/aromatic N) is 1. The van der Waals surface area contributed by atoms with E-state index in [4.69, 9.17) is 4.74 Å². The summed E-state index contributed by atoms with van der Waals surface area (Å²) in [6.45, 7) is 4.95. The number of thiophene rings is 1. The van der Waals surface area contributed by atoms with Crippen LogP contribution in [0.3, 0.4) is 0 Å². The molecular formula is C17H22N2O3S. The van der Waals surface area contributed by atoms with Crippen molar-refractivity contribution < 1.29 is 14.3 Å². The van der Waals surface area contributed by atoms with Gasteiger partial charge >= 0.3 is 0 Å². The van der Waals surface area contributed by atoms with Crippen molar-refractivity contribution >= 4 is 23.2 Å². The lowest BCUT2D eigenvalue weighted by molar-refractivity contribution is -0.132. The molecule has 6 heteroatoms. The highest BCUT2D eigenvalue weighted by Gasteiger charge is 2.49. The number of rotatable bonds is 4. The molecule has 23 heavy (non-hydrogen) atoms. The summed E-state index contributed by atoms with van der Waals surface area (Å²) < 4.78 is 5.88. The van der Waals surface area contributed by atoms with E-state index in [0.717, 1.165) is 25.1 Å². The van der Waals surface area contributed by atoms with Crippen LogP contribution in [0.15, 0.2) is 16.8 Å². The Hall–Kier alpha value is -1.40. The number of ether oxygens (including phenoxy) is 1. The molecule has 5 nitrogen and oxygen atoms in total. The van der Waals surface area contributed by atoms with E-state index in [2.05, 4.69) is 12.2 Å². The van der Waals surface area contributed by atoms with E-state index < -0.39 is 0 Å². The molecule has 2 saturated heterocycles. The predicted octanol–water partition coefficient (Wildman–Crippen LogP) is 1.61. The molecule has 1 saturated carbocycles. The van der Waals surface area contributed by atoms with Gasteiger partial charge in [-0.15, -0.1) is 0 Å². The second-order valence-electron chi connectivity index (χ2n) is 7.08. The molecule has 4 rings (SSSR count). The highest BCUT2D eigenvalue weighted by atomic mass is 32.1. The first kappa shape index (κ1) is 15.1. The smallest absolute Gasteiger partial charge is 0.252 e. The zero-order chi connectivity index (χ0) is 16.0. The third-order valence-corrected chi connectivity index (χ3v) is 6.17. The average molecular weight is 334 g/mol. The molecule has 124 valence electrons. The van der Waals surface area contributed by atoms with Gasteiger partial charge in [-0.2, -0.15) is 11.3 Å². The number of nitrogens with one attached hydrogen (secondary N) is 1. The number of carbonyl (C=O) groups is 2. The summed E-state index contributed by atoms with van der Waals surface area (Å²) in [5.41, 5.74) is 0.719. The maximum Gasteiger partial charge on any atom is 0.252 e. The quantitative estimate of drug-likeness (QED) is 0.910. The first-order chi connectivity index (χ1) is 11.1. The Bertz CT molecular complexity index is 603. The molecule has 1 aromatic heterocycles. The fourth-order valence-electron chi connectivity index (χ4n) is 3.81. The Balaban J connectivity index is 1.31. The van der Waals surface area contributed by atoms with Crippen molar-refractivity contribution in [3.8, 4) is 0 Å². The molecule has 3 heterocycles. The maximum absolute atomic E-state index is 12.4. The Kier molecular flexibility index (Phi) is 3.89. The van der Waals surface area contributed by atoms with Crippen LogP contribution in [0.1, 0.15) is 23.7 Å². The summed E-state index contributed by atoms with van der Waals surface area (Å²) in [5, 5.41) is 6.77. The Morgan fingerprint density at radius 3 is 2.96 bits per heavy atom. The maximum atomic E-state index is 12.4. The number of hydrogen-bond acceptors (Lipinski definition) is 4. The second kappa shape index (κ2) is 5.91. The molecule has 1 N–H and O–H groups in total.